The lowest BCUT2D eigenvalue weighted by molar-refractivity contribution is -0.118. The highest BCUT2D eigenvalue weighted by Gasteiger charge is 2.31. The van der Waals surface area contributed by atoms with E-state index in [0.717, 1.165) is 0 Å². The van der Waals surface area contributed by atoms with Crippen LogP contribution in [0.5, 0.6) is 0 Å². The maximum Gasteiger partial charge on any atom is 0.161 e. The molecule has 0 aromatic carbocycles. The Morgan fingerprint density at radius 1 is 1.33 bits per heavy atom. The zero-order chi connectivity index (χ0) is 9.35. The van der Waals surface area contributed by atoms with Crippen molar-refractivity contribution in [1.82, 2.24) is 0 Å². The molecule has 0 unspecified atom stereocenters. The average molecular weight is 167 g/mol. The molecule has 0 spiro atoms. The second kappa shape index (κ2) is 2.81. The van der Waals surface area contributed by atoms with E-state index in [0.29, 0.717) is 24.1 Å². The summed E-state index contributed by atoms with van der Waals surface area (Å²) in [6.45, 7) is 5.62. The number of hydrogen-bond acceptors (Lipinski definition) is 3. The molecule has 0 aromatic heterocycles. The summed E-state index contributed by atoms with van der Waals surface area (Å²) in [4.78, 5) is 21.7. The first-order valence-corrected chi connectivity index (χ1v) is 4.02. The SMILES string of the molecule is CC1=C(N=O)CC(C)(C)CC1=O. The van der Waals surface area contributed by atoms with Gasteiger partial charge in [-0.25, -0.2) is 0 Å². The van der Waals surface area contributed by atoms with Crippen LogP contribution < -0.4 is 0 Å². The Balaban J connectivity index is 3.03. The molecule has 0 radical (unpaired) electrons. The highest BCUT2D eigenvalue weighted by atomic mass is 16.3. The monoisotopic (exact) mass is 167 g/mol. The third-order valence-electron chi connectivity index (χ3n) is 2.25. The van der Waals surface area contributed by atoms with Crippen LogP contribution in [0, 0.1) is 10.3 Å². The fourth-order valence-corrected chi connectivity index (χ4v) is 1.48. The van der Waals surface area contributed by atoms with Crippen LogP contribution in [0.3, 0.4) is 0 Å². The summed E-state index contributed by atoms with van der Waals surface area (Å²) in [5.41, 5.74) is 0.875. The second-order valence-electron chi connectivity index (χ2n) is 4.10. The normalized spacial score (nSPS) is 22.8. The van der Waals surface area contributed by atoms with E-state index in [-0.39, 0.29) is 11.2 Å². The fourth-order valence-electron chi connectivity index (χ4n) is 1.48. The summed E-state index contributed by atoms with van der Waals surface area (Å²) in [7, 11) is 0. The third kappa shape index (κ3) is 1.60. The van der Waals surface area contributed by atoms with Crippen molar-refractivity contribution in [3.8, 4) is 0 Å². The molecule has 1 aliphatic rings. The lowest BCUT2D eigenvalue weighted by atomic mass is 9.76. The zero-order valence-electron chi connectivity index (χ0n) is 7.68. The number of ketones is 1. The predicted octanol–water partition coefficient (Wildman–Crippen LogP) is 2.42. The third-order valence-corrected chi connectivity index (χ3v) is 2.25. The van der Waals surface area contributed by atoms with Crippen LogP contribution in [-0.4, -0.2) is 5.78 Å². The number of carbonyl (C=O) groups is 1. The Morgan fingerprint density at radius 2 is 1.92 bits per heavy atom. The highest BCUT2D eigenvalue weighted by molar-refractivity contribution is 5.96. The molecule has 0 bridgehead atoms. The molecule has 0 fully saturated rings. The van der Waals surface area contributed by atoms with Gasteiger partial charge in [0.2, 0.25) is 0 Å². The van der Waals surface area contributed by atoms with Gasteiger partial charge in [0.1, 0.15) is 0 Å². The smallest absolute Gasteiger partial charge is 0.161 e. The molecule has 1 rings (SSSR count). The van der Waals surface area contributed by atoms with Gasteiger partial charge < -0.3 is 0 Å². The summed E-state index contributed by atoms with van der Waals surface area (Å²) in [5.74, 6) is 0.0563. The first kappa shape index (κ1) is 9.10. The number of Topliss-reactive ketones (excluding diaryl/α,β-unsaturated/α-hetero) is 1. The molecule has 0 aliphatic heterocycles. The minimum atomic E-state index is -0.0974. The first-order chi connectivity index (χ1) is 5.46. The molecule has 3 heteroatoms. The van der Waals surface area contributed by atoms with Gasteiger partial charge in [-0.15, -0.1) is 4.91 Å². The minimum Gasteiger partial charge on any atom is -0.294 e. The van der Waals surface area contributed by atoms with Gasteiger partial charge in [-0.3, -0.25) is 4.79 Å². The van der Waals surface area contributed by atoms with Gasteiger partial charge in [-0.2, -0.15) is 0 Å². The van der Waals surface area contributed by atoms with Crippen LogP contribution in [0.15, 0.2) is 16.4 Å². The number of allylic oxidation sites excluding steroid dienone is 2. The van der Waals surface area contributed by atoms with E-state index in [1.54, 1.807) is 6.92 Å². The molecule has 3 nitrogen and oxygen atoms in total. The molecule has 0 saturated heterocycles. The van der Waals surface area contributed by atoms with Gasteiger partial charge in [0.15, 0.2) is 5.78 Å². The summed E-state index contributed by atoms with van der Waals surface area (Å²) in [6, 6.07) is 0. The number of carbonyl (C=O) groups excluding carboxylic acids is 1. The standard InChI is InChI=1S/C9H13NO2/c1-6-7(10-12)4-9(2,3)5-8(6)11/h4-5H2,1-3H3. The van der Waals surface area contributed by atoms with Crippen LogP contribution in [0.25, 0.3) is 0 Å². The quantitative estimate of drug-likeness (QED) is 0.563. The minimum absolute atomic E-state index is 0.0563. The van der Waals surface area contributed by atoms with E-state index < -0.39 is 0 Å². The highest BCUT2D eigenvalue weighted by Crippen LogP contribution is 2.36. The van der Waals surface area contributed by atoms with Crippen LogP contribution >= 0.6 is 0 Å². The van der Waals surface area contributed by atoms with Crippen LogP contribution in [-0.2, 0) is 4.79 Å². The molecule has 0 atom stereocenters. The lowest BCUT2D eigenvalue weighted by Gasteiger charge is -2.28. The van der Waals surface area contributed by atoms with Crippen molar-refractivity contribution >= 4 is 5.78 Å². The maximum absolute atomic E-state index is 11.3. The maximum atomic E-state index is 11.3. The van der Waals surface area contributed by atoms with Crippen molar-refractivity contribution in [2.45, 2.75) is 33.6 Å². The summed E-state index contributed by atoms with van der Waals surface area (Å²) in [5, 5.41) is 2.88. The summed E-state index contributed by atoms with van der Waals surface area (Å²) < 4.78 is 0. The molecule has 0 N–H and O–H groups in total. The molecule has 0 heterocycles. The van der Waals surface area contributed by atoms with Crippen molar-refractivity contribution in [3.05, 3.63) is 16.2 Å². The van der Waals surface area contributed by atoms with Gasteiger partial charge in [0, 0.05) is 12.0 Å². The number of nitroso groups, excluding NO2 is 1. The Hall–Kier alpha value is -0.990. The van der Waals surface area contributed by atoms with Crippen LogP contribution in [0.4, 0.5) is 0 Å². The Bertz CT molecular complexity index is 264. The van der Waals surface area contributed by atoms with E-state index in [4.69, 9.17) is 0 Å². The van der Waals surface area contributed by atoms with Crippen molar-refractivity contribution in [2.24, 2.45) is 10.6 Å². The molecule has 12 heavy (non-hydrogen) atoms. The molecule has 0 saturated carbocycles. The lowest BCUT2D eigenvalue weighted by Crippen LogP contribution is -2.24. The van der Waals surface area contributed by atoms with Gasteiger partial charge in [-0.05, 0) is 23.9 Å². The predicted molar refractivity (Wildman–Crippen MR) is 46.5 cm³/mol. The van der Waals surface area contributed by atoms with E-state index in [1.807, 2.05) is 13.8 Å². The number of rotatable bonds is 1. The summed E-state index contributed by atoms with van der Waals surface area (Å²) in [6.07, 6.45) is 1.14. The van der Waals surface area contributed by atoms with Crippen molar-refractivity contribution in [3.63, 3.8) is 0 Å². The van der Waals surface area contributed by atoms with E-state index in [1.165, 1.54) is 0 Å². The molecule has 0 amide bonds. The van der Waals surface area contributed by atoms with Crippen molar-refractivity contribution in [1.29, 1.82) is 0 Å². The summed E-state index contributed by atoms with van der Waals surface area (Å²) >= 11 is 0. The van der Waals surface area contributed by atoms with Crippen LogP contribution in [0.1, 0.15) is 33.6 Å². The fraction of sp³-hybridized carbons (Fsp3) is 0.667. The zero-order valence-corrected chi connectivity index (χ0v) is 7.68. The average Bonchev–Trinajstić information content (AvgIpc) is 1.96. The largest absolute Gasteiger partial charge is 0.294 e. The number of nitrogens with zero attached hydrogens (tertiary/aromatic N) is 1. The Kier molecular flexibility index (Phi) is 2.13. The molecular weight excluding hydrogens is 154 g/mol. The van der Waals surface area contributed by atoms with Gasteiger partial charge >= 0.3 is 0 Å². The topological polar surface area (TPSA) is 46.5 Å². The van der Waals surface area contributed by atoms with E-state index in [2.05, 4.69) is 5.18 Å². The van der Waals surface area contributed by atoms with E-state index >= 15 is 0 Å². The first-order valence-electron chi connectivity index (χ1n) is 4.02. The van der Waals surface area contributed by atoms with Crippen molar-refractivity contribution in [2.75, 3.05) is 0 Å². The van der Waals surface area contributed by atoms with Crippen molar-refractivity contribution < 1.29 is 4.79 Å². The van der Waals surface area contributed by atoms with E-state index in [9.17, 15) is 9.70 Å². The van der Waals surface area contributed by atoms with Crippen LogP contribution in [0.2, 0.25) is 0 Å². The Labute approximate surface area is 71.8 Å². The second-order valence-corrected chi connectivity index (χ2v) is 4.10. The molecular formula is C9H13NO2. The molecule has 0 aromatic rings. The molecule has 1 aliphatic carbocycles. The number of hydrogen-bond donors (Lipinski definition) is 0. The van der Waals surface area contributed by atoms with Gasteiger partial charge in [-0.1, -0.05) is 13.8 Å². The van der Waals surface area contributed by atoms with Gasteiger partial charge in [0.05, 0.1) is 5.70 Å². The molecule has 66 valence electrons. The van der Waals surface area contributed by atoms with Gasteiger partial charge in [0.25, 0.3) is 0 Å². The Morgan fingerprint density at radius 3 is 2.42 bits per heavy atom.